The van der Waals surface area contributed by atoms with Gasteiger partial charge in [0, 0.05) is 33.8 Å². The first kappa shape index (κ1) is 21.3. The second-order valence-electron chi connectivity index (χ2n) is 7.72. The van der Waals surface area contributed by atoms with Crippen LogP contribution in [0.3, 0.4) is 0 Å². The van der Waals surface area contributed by atoms with Crippen LogP contribution in [-0.4, -0.2) is 19.0 Å². The van der Waals surface area contributed by atoms with Crippen LogP contribution < -0.4 is 10.2 Å². The zero-order valence-corrected chi connectivity index (χ0v) is 18.4. The van der Waals surface area contributed by atoms with Crippen molar-refractivity contribution < 1.29 is 4.79 Å². The minimum atomic E-state index is -0.0586. The second-order valence-corrected chi connectivity index (χ2v) is 9.00. The van der Waals surface area contributed by atoms with Gasteiger partial charge in [0.15, 0.2) is 0 Å². The Morgan fingerprint density at radius 2 is 1.75 bits per heavy atom. The predicted molar refractivity (Wildman–Crippen MR) is 119 cm³/mol. The molecule has 2 unspecified atom stereocenters. The van der Waals surface area contributed by atoms with Gasteiger partial charge in [-0.1, -0.05) is 54.7 Å². The van der Waals surface area contributed by atoms with E-state index >= 15 is 0 Å². The first-order valence-corrected chi connectivity index (χ1v) is 10.7. The van der Waals surface area contributed by atoms with Crippen molar-refractivity contribution in [1.29, 1.82) is 0 Å². The van der Waals surface area contributed by atoms with E-state index in [1.54, 1.807) is 6.07 Å². The zero-order valence-electron chi connectivity index (χ0n) is 16.1. The lowest BCUT2D eigenvalue weighted by Gasteiger charge is -2.41. The first-order chi connectivity index (χ1) is 13.3. The third kappa shape index (κ3) is 5.14. The van der Waals surface area contributed by atoms with Gasteiger partial charge in [-0.05, 0) is 60.7 Å². The molecule has 2 atom stereocenters. The number of piperidine rings is 1. The van der Waals surface area contributed by atoms with Gasteiger partial charge in [-0.3, -0.25) is 4.79 Å². The molecule has 28 heavy (non-hydrogen) atoms. The third-order valence-electron chi connectivity index (χ3n) is 5.12. The summed E-state index contributed by atoms with van der Waals surface area (Å²) < 4.78 is 0. The lowest BCUT2D eigenvalue weighted by atomic mass is 9.87. The van der Waals surface area contributed by atoms with E-state index in [4.69, 9.17) is 34.8 Å². The molecule has 1 N–H and O–H groups in total. The van der Waals surface area contributed by atoms with Crippen LogP contribution in [0.25, 0.3) is 0 Å². The number of nitrogens with zero attached hydrogens (tertiary/aromatic N) is 1. The van der Waals surface area contributed by atoms with Crippen LogP contribution in [0.1, 0.15) is 38.3 Å². The van der Waals surface area contributed by atoms with Gasteiger partial charge in [-0.2, -0.15) is 0 Å². The minimum Gasteiger partial charge on any atom is -0.364 e. The number of rotatable bonds is 5. The predicted octanol–water partition coefficient (Wildman–Crippen LogP) is 6.38. The molecule has 1 heterocycles. The maximum atomic E-state index is 12.7. The Morgan fingerprint density at radius 1 is 1.07 bits per heavy atom. The van der Waals surface area contributed by atoms with E-state index in [0.717, 1.165) is 24.1 Å². The molecule has 1 saturated heterocycles. The number of hydrogen-bond donors (Lipinski definition) is 1. The fraction of sp³-hybridized carbons (Fsp3) is 0.409. The van der Waals surface area contributed by atoms with Crippen molar-refractivity contribution in [1.82, 2.24) is 5.32 Å². The van der Waals surface area contributed by atoms with Gasteiger partial charge < -0.3 is 10.2 Å². The van der Waals surface area contributed by atoms with E-state index in [0.29, 0.717) is 34.1 Å². The fourth-order valence-corrected chi connectivity index (χ4v) is 4.31. The van der Waals surface area contributed by atoms with Gasteiger partial charge in [0.1, 0.15) is 0 Å². The summed E-state index contributed by atoms with van der Waals surface area (Å²) >= 11 is 18.7. The molecule has 3 rings (SSSR count). The maximum absolute atomic E-state index is 12.7. The number of carbonyl (C=O) groups excluding carboxylic acids is 1. The van der Waals surface area contributed by atoms with E-state index in [2.05, 4.69) is 24.1 Å². The molecular formula is C22H25Cl3N2O. The van der Waals surface area contributed by atoms with Gasteiger partial charge in [0.25, 0.3) is 0 Å². The molecule has 150 valence electrons. The van der Waals surface area contributed by atoms with Crippen LogP contribution in [0, 0.1) is 11.8 Å². The van der Waals surface area contributed by atoms with E-state index in [1.807, 2.05) is 36.4 Å². The van der Waals surface area contributed by atoms with E-state index in [-0.39, 0.29) is 17.9 Å². The third-order valence-corrected chi connectivity index (χ3v) is 5.93. The second kappa shape index (κ2) is 9.39. The number of nitrogens with one attached hydrogen (secondary N) is 1. The average Bonchev–Trinajstić information content (AvgIpc) is 2.66. The largest absolute Gasteiger partial charge is 0.364 e. The summed E-state index contributed by atoms with van der Waals surface area (Å²) in [6.45, 7) is 5.53. The van der Waals surface area contributed by atoms with Gasteiger partial charge in [-0.15, -0.1) is 0 Å². The standard InChI is InChI=1S/C22H25Cl3N2O/c1-14(2)12-26-22(28)15-3-10-21(19-9-6-17(24)11-20(19)25)27(13-15)18-7-4-16(23)5-8-18/h4-9,11,14-15,21H,3,10,12-13H2,1-2H3,(H,26,28). The molecule has 0 aromatic heterocycles. The number of halogens is 3. The van der Waals surface area contributed by atoms with Gasteiger partial charge >= 0.3 is 0 Å². The highest BCUT2D eigenvalue weighted by molar-refractivity contribution is 6.35. The fourth-order valence-electron chi connectivity index (χ4n) is 3.65. The SMILES string of the molecule is CC(C)CNC(=O)C1CCC(c2ccc(Cl)cc2Cl)N(c2ccc(Cl)cc2)C1. The van der Waals surface area contributed by atoms with Crippen molar-refractivity contribution in [3.8, 4) is 0 Å². The highest BCUT2D eigenvalue weighted by Crippen LogP contribution is 2.40. The first-order valence-electron chi connectivity index (χ1n) is 9.60. The Balaban J connectivity index is 1.88. The molecule has 0 aliphatic carbocycles. The average molecular weight is 440 g/mol. The Morgan fingerprint density at radius 3 is 2.39 bits per heavy atom. The monoisotopic (exact) mass is 438 g/mol. The lowest BCUT2D eigenvalue weighted by Crippen LogP contribution is -2.45. The molecule has 0 radical (unpaired) electrons. The van der Waals surface area contributed by atoms with Gasteiger partial charge in [-0.25, -0.2) is 0 Å². The summed E-state index contributed by atoms with van der Waals surface area (Å²) in [5, 5.41) is 5.04. The Labute approximate surface area is 182 Å². The molecule has 0 spiro atoms. The summed E-state index contributed by atoms with van der Waals surface area (Å²) in [5.74, 6) is 0.491. The number of benzene rings is 2. The molecule has 0 bridgehead atoms. The Hall–Kier alpha value is -1.42. The van der Waals surface area contributed by atoms with Crippen molar-refractivity contribution in [3.05, 3.63) is 63.1 Å². The zero-order chi connectivity index (χ0) is 20.3. The molecule has 2 aromatic carbocycles. The summed E-state index contributed by atoms with van der Waals surface area (Å²) in [6.07, 6.45) is 1.65. The van der Waals surface area contributed by atoms with Crippen LogP contribution in [0.2, 0.25) is 15.1 Å². The van der Waals surface area contributed by atoms with Crippen molar-refractivity contribution >= 4 is 46.4 Å². The van der Waals surface area contributed by atoms with Gasteiger partial charge in [0.05, 0.1) is 12.0 Å². The molecule has 3 nitrogen and oxygen atoms in total. The summed E-state index contributed by atoms with van der Waals surface area (Å²) in [4.78, 5) is 14.9. The smallest absolute Gasteiger partial charge is 0.224 e. The molecule has 1 aliphatic heterocycles. The number of amides is 1. The topological polar surface area (TPSA) is 32.3 Å². The molecule has 6 heteroatoms. The molecule has 0 saturated carbocycles. The number of anilines is 1. The van der Waals surface area contributed by atoms with Crippen molar-refractivity contribution in [2.24, 2.45) is 11.8 Å². The normalized spacial score (nSPS) is 19.7. The molecule has 1 amide bonds. The van der Waals surface area contributed by atoms with E-state index < -0.39 is 0 Å². The van der Waals surface area contributed by atoms with Crippen molar-refractivity contribution in [2.75, 3.05) is 18.0 Å². The van der Waals surface area contributed by atoms with E-state index in [9.17, 15) is 4.79 Å². The van der Waals surface area contributed by atoms with Crippen LogP contribution in [0.5, 0.6) is 0 Å². The maximum Gasteiger partial charge on any atom is 0.224 e. The highest BCUT2D eigenvalue weighted by Gasteiger charge is 2.34. The summed E-state index contributed by atoms with van der Waals surface area (Å²) in [7, 11) is 0. The summed E-state index contributed by atoms with van der Waals surface area (Å²) in [6, 6.07) is 13.4. The van der Waals surface area contributed by atoms with Crippen LogP contribution in [0.15, 0.2) is 42.5 Å². The van der Waals surface area contributed by atoms with Crippen LogP contribution in [0.4, 0.5) is 5.69 Å². The lowest BCUT2D eigenvalue weighted by molar-refractivity contribution is -0.125. The highest BCUT2D eigenvalue weighted by atomic mass is 35.5. The molecule has 2 aromatic rings. The number of hydrogen-bond acceptors (Lipinski definition) is 2. The van der Waals surface area contributed by atoms with Crippen LogP contribution >= 0.6 is 34.8 Å². The molecule has 1 fully saturated rings. The Bertz CT molecular complexity index is 823. The minimum absolute atomic E-state index is 0.0586. The molecule has 1 aliphatic rings. The number of carbonyl (C=O) groups is 1. The van der Waals surface area contributed by atoms with E-state index in [1.165, 1.54) is 0 Å². The Kier molecular flexibility index (Phi) is 7.14. The van der Waals surface area contributed by atoms with Gasteiger partial charge in [0.2, 0.25) is 5.91 Å². The van der Waals surface area contributed by atoms with Crippen molar-refractivity contribution in [3.63, 3.8) is 0 Å². The van der Waals surface area contributed by atoms with Crippen LogP contribution in [-0.2, 0) is 4.79 Å². The van der Waals surface area contributed by atoms with Crippen molar-refractivity contribution in [2.45, 2.75) is 32.7 Å². The summed E-state index contributed by atoms with van der Waals surface area (Å²) in [5.41, 5.74) is 2.06. The quantitative estimate of drug-likeness (QED) is 0.586. The molecular weight excluding hydrogens is 415 g/mol.